The van der Waals surface area contributed by atoms with E-state index in [1.807, 2.05) is 6.07 Å². The third-order valence-corrected chi connectivity index (χ3v) is 9.47. The molecule has 186 valence electrons. The molecule has 9 heteroatoms. The lowest BCUT2D eigenvalue weighted by Gasteiger charge is -2.29. The molecule has 0 amide bonds. The van der Waals surface area contributed by atoms with Crippen LogP contribution in [0.4, 0.5) is 9.52 Å². The number of methoxy groups -OCH3 is 1. The number of nitrogens with one attached hydrogen (secondary N) is 2. The van der Waals surface area contributed by atoms with Gasteiger partial charge in [0.1, 0.15) is 11.6 Å². The van der Waals surface area contributed by atoms with Crippen molar-refractivity contribution in [1.82, 2.24) is 9.71 Å². The van der Waals surface area contributed by atoms with Crippen LogP contribution in [0, 0.1) is 11.7 Å². The summed E-state index contributed by atoms with van der Waals surface area (Å²) in [7, 11) is -1.98. The van der Waals surface area contributed by atoms with Gasteiger partial charge in [0.05, 0.1) is 17.7 Å². The summed E-state index contributed by atoms with van der Waals surface area (Å²) in [5.74, 6) is 0.715. The predicted octanol–water partition coefficient (Wildman–Crippen LogP) is 5.40. The first-order valence-corrected chi connectivity index (χ1v) is 14.4. The molecule has 2 aromatic carbocycles. The maximum absolute atomic E-state index is 13.9. The zero-order chi connectivity index (χ0) is 24.4. The molecule has 35 heavy (non-hydrogen) atoms. The number of aryl methyl sites for hydroxylation is 2. The van der Waals surface area contributed by atoms with Crippen molar-refractivity contribution in [2.75, 3.05) is 19.0 Å². The molecule has 1 fully saturated rings. The summed E-state index contributed by atoms with van der Waals surface area (Å²) in [6, 6.07) is 11.8. The summed E-state index contributed by atoms with van der Waals surface area (Å²) in [5, 5.41) is 4.50. The molecule has 0 spiro atoms. The van der Waals surface area contributed by atoms with Crippen LogP contribution in [0.3, 0.4) is 0 Å². The van der Waals surface area contributed by atoms with Crippen molar-refractivity contribution >= 4 is 26.5 Å². The first kappa shape index (κ1) is 24.2. The number of anilines is 1. The quantitative estimate of drug-likeness (QED) is 0.441. The van der Waals surface area contributed by atoms with Crippen molar-refractivity contribution in [1.29, 1.82) is 0 Å². The minimum atomic E-state index is -3.54. The maximum atomic E-state index is 13.9. The lowest BCUT2D eigenvalue weighted by molar-refractivity contribution is 0.337. The minimum absolute atomic E-state index is 0.222. The second-order valence-electron chi connectivity index (χ2n) is 9.34. The fraction of sp³-hybridized carbons (Fsp3) is 0.423. The van der Waals surface area contributed by atoms with Crippen LogP contribution < -0.4 is 14.8 Å². The summed E-state index contributed by atoms with van der Waals surface area (Å²) >= 11 is 1.68. The van der Waals surface area contributed by atoms with Crippen molar-refractivity contribution in [3.05, 3.63) is 58.7 Å². The number of benzene rings is 2. The third-order valence-electron chi connectivity index (χ3n) is 6.98. The van der Waals surface area contributed by atoms with Crippen LogP contribution in [0.5, 0.6) is 5.75 Å². The van der Waals surface area contributed by atoms with Crippen LogP contribution in [0.1, 0.15) is 42.5 Å². The second-order valence-corrected chi connectivity index (χ2v) is 12.2. The van der Waals surface area contributed by atoms with Crippen LogP contribution in [0.15, 0.2) is 47.4 Å². The minimum Gasteiger partial charge on any atom is -0.497 e. The van der Waals surface area contributed by atoms with Gasteiger partial charge in [-0.25, -0.2) is 22.5 Å². The van der Waals surface area contributed by atoms with Gasteiger partial charge in [-0.05, 0) is 92.8 Å². The van der Waals surface area contributed by atoms with E-state index in [9.17, 15) is 12.8 Å². The highest BCUT2D eigenvalue weighted by Gasteiger charge is 2.25. The Balaban J connectivity index is 1.16. The molecule has 0 saturated heterocycles. The highest BCUT2D eigenvalue weighted by atomic mass is 32.2. The molecule has 0 radical (unpaired) electrons. The maximum Gasteiger partial charge on any atom is 0.240 e. The van der Waals surface area contributed by atoms with E-state index in [2.05, 4.69) is 10.0 Å². The van der Waals surface area contributed by atoms with E-state index in [0.717, 1.165) is 61.3 Å². The van der Waals surface area contributed by atoms with E-state index < -0.39 is 10.0 Å². The standard InChI is InChI=1S/C26H30FN3O3S2/c1-33-21-11-13-22(14-12-21)35(31,32)28-16-17-5-9-20(10-6-17)29-26-30-25-23-15-19(27)8-7-18(23)3-2-4-24(25)34-26/h7-8,11-15,17,20,28H,2-6,9-10,16H2,1H3,(H,29,30). The van der Waals surface area contributed by atoms with E-state index in [1.165, 1.54) is 16.5 Å². The molecule has 2 aliphatic rings. The number of halogens is 1. The Morgan fingerprint density at radius 2 is 1.86 bits per heavy atom. The number of hydrogen-bond acceptors (Lipinski definition) is 6. The van der Waals surface area contributed by atoms with Crippen LogP contribution in [0.2, 0.25) is 0 Å². The Morgan fingerprint density at radius 3 is 2.60 bits per heavy atom. The zero-order valence-electron chi connectivity index (χ0n) is 19.7. The second kappa shape index (κ2) is 10.2. The third kappa shape index (κ3) is 5.52. The average molecular weight is 516 g/mol. The van der Waals surface area contributed by atoms with Gasteiger partial charge in [0, 0.05) is 23.0 Å². The van der Waals surface area contributed by atoms with Crippen molar-refractivity contribution in [3.63, 3.8) is 0 Å². The smallest absolute Gasteiger partial charge is 0.240 e. The number of thiazole rings is 1. The van der Waals surface area contributed by atoms with Gasteiger partial charge < -0.3 is 10.1 Å². The Kier molecular flexibility index (Phi) is 7.09. The molecular weight excluding hydrogens is 485 g/mol. The molecule has 3 aromatic rings. The van der Waals surface area contributed by atoms with Gasteiger partial charge in [0.2, 0.25) is 10.0 Å². The molecular formula is C26H30FN3O3S2. The van der Waals surface area contributed by atoms with Gasteiger partial charge in [-0.3, -0.25) is 0 Å². The van der Waals surface area contributed by atoms with Gasteiger partial charge in [-0.2, -0.15) is 0 Å². The van der Waals surface area contributed by atoms with Crippen LogP contribution in [-0.4, -0.2) is 33.1 Å². The first-order chi connectivity index (χ1) is 16.9. The number of aromatic nitrogens is 1. The van der Waals surface area contributed by atoms with E-state index in [-0.39, 0.29) is 10.7 Å². The largest absolute Gasteiger partial charge is 0.497 e. The highest BCUT2D eigenvalue weighted by Crippen LogP contribution is 2.38. The normalized spacial score (nSPS) is 19.9. The van der Waals surface area contributed by atoms with Crippen LogP contribution in [-0.2, 0) is 22.9 Å². The zero-order valence-corrected chi connectivity index (χ0v) is 21.4. The Hall–Kier alpha value is -2.49. The predicted molar refractivity (Wildman–Crippen MR) is 137 cm³/mol. The Bertz CT molecular complexity index is 1280. The monoisotopic (exact) mass is 515 g/mol. The van der Waals surface area contributed by atoms with E-state index >= 15 is 0 Å². The van der Waals surface area contributed by atoms with Crippen LogP contribution >= 0.6 is 11.3 Å². The summed E-state index contributed by atoms with van der Waals surface area (Å²) in [6.45, 7) is 0.439. The van der Waals surface area contributed by atoms with E-state index in [0.29, 0.717) is 24.3 Å². The molecule has 6 nitrogen and oxygen atoms in total. The molecule has 2 N–H and O–H groups in total. The fourth-order valence-electron chi connectivity index (χ4n) is 4.97. The van der Waals surface area contributed by atoms with Gasteiger partial charge in [-0.1, -0.05) is 6.07 Å². The molecule has 1 saturated carbocycles. The molecule has 1 aromatic heterocycles. The van der Waals surface area contributed by atoms with Gasteiger partial charge in [0.25, 0.3) is 0 Å². The van der Waals surface area contributed by atoms with Gasteiger partial charge >= 0.3 is 0 Å². The molecule has 5 rings (SSSR count). The van der Waals surface area contributed by atoms with Gasteiger partial charge in [0.15, 0.2) is 5.13 Å². The molecule has 0 aliphatic heterocycles. The number of nitrogens with zero attached hydrogens (tertiary/aromatic N) is 1. The van der Waals surface area contributed by atoms with E-state index in [4.69, 9.17) is 9.72 Å². The first-order valence-electron chi connectivity index (χ1n) is 12.1. The topological polar surface area (TPSA) is 80.3 Å². The fourth-order valence-corrected chi connectivity index (χ4v) is 7.18. The summed E-state index contributed by atoms with van der Waals surface area (Å²) in [5.41, 5.74) is 3.01. The van der Waals surface area contributed by atoms with E-state index in [1.54, 1.807) is 48.8 Å². The molecule has 0 bridgehead atoms. The van der Waals surface area contributed by atoms with Crippen molar-refractivity contribution in [2.24, 2.45) is 5.92 Å². The number of ether oxygens (including phenoxy) is 1. The number of fused-ring (bicyclic) bond motifs is 3. The number of hydrogen-bond donors (Lipinski definition) is 2. The number of rotatable bonds is 7. The highest BCUT2D eigenvalue weighted by molar-refractivity contribution is 7.89. The summed E-state index contributed by atoms with van der Waals surface area (Å²) in [4.78, 5) is 6.33. The Labute approximate surface area is 210 Å². The van der Waals surface area contributed by atoms with Crippen molar-refractivity contribution < 1.29 is 17.5 Å². The summed E-state index contributed by atoms with van der Waals surface area (Å²) < 4.78 is 47.0. The SMILES string of the molecule is COc1ccc(S(=O)(=O)NCC2CCC(Nc3nc4c(s3)CCCc3ccc(F)cc3-4)CC2)cc1. The average Bonchev–Trinajstić information content (AvgIpc) is 3.19. The lowest BCUT2D eigenvalue weighted by atomic mass is 9.86. The number of sulfonamides is 1. The summed E-state index contributed by atoms with van der Waals surface area (Å²) in [6.07, 6.45) is 6.78. The molecule has 0 atom stereocenters. The lowest BCUT2D eigenvalue weighted by Crippen LogP contribution is -2.34. The van der Waals surface area contributed by atoms with Crippen LogP contribution in [0.25, 0.3) is 11.3 Å². The van der Waals surface area contributed by atoms with Crippen molar-refractivity contribution in [3.8, 4) is 17.0 Å². The van der Waals surface area contributed by atoms with Gasteiger partial charge in [-0.15, -0.1) is 11.3 Å². The Morgan fingerprint density at radius 1 is 1.09 bits per heavy atom. The molecule has 2 aliphatic carbocycles. The molecule has 1 heterocycles. The molecule has 0 unspecified atom stereocenters. The van der Waals surface area contributed by atoms with Crippen molar-refractivity contribution in [2.45, 2.75) is 55.9 Å².